The molecule has 0 saturated carbocycles. The topological polar surface area (TPSA) is 75.9 Å². The standard InChI is InChI=1S/C23H21N5O3S/c32-23(24-12-15-5-6-18-19(11-15)30-14-29-18)28-9-7-27(8-10-28)22-21-20(25-13-26-22)16-3-1-2-4-17(16)31-21/h1-6,11,13H,7-10,12,14H2,(H,24,32). The van der Waals surface area contributed by atoms with Gasteiger partial charge in [0.15, 0.2) is 28.0 Å². The molecule has 9 heteroatoms. The fourth-order valence-electron chi connectivity index (χ4n) is 4.20. The van der Waals surface area contributed by atoms with Crippen LogP contribution >= 0.6 is 12.2 Å². The molecule has 0 atom stereocenters. The summed E-state index contributed by atoms with van der Waals surface area (Å²) in [5.74, 6) is 2.41. The zero-order chi connectivity index (χ0) is 21.5. The third kappa shape index (κ3) is 3.34. The first-order chi connectivity index (χ1) is 15.8. The Labute approximate surface area is 189 Å². The van der Waals surface area contributed by atoms with Gasteiger partial charge in [-0.05, 0) is 42.0 Å². The maximum Gasteiger partial charge on any atom is 0.231 e. The summed E-state index contributed by atoms with van der Waals surface area (Å²) in [5, 5.41) is 5.12. The molecule has 2 aliphatic heterocycles. The Kier molecular flexibility index (Phi) is 4.68. The fourth-order valence-corrected chi connectivity index (χ4v) is 4.45. The second kappa shape index (κ2) is 7.83. The van der Waals surface area contributed by atoms with Gasteiger partial charge in [0.1, 0.15) is 17.4 Å². The Morgan fingerprint density at radius 2 is 1.84 bits per heavy atom. The van der Waals surface area contributed by atoms with E-state index in [2.05, 4.69) is 25.1 Å². The summed E-state index contributed by atoms with van der Waals surface area (Å²) in [6.45, 7) is 4.13. The van der Waals surface area contributed by atoms with E-state index in [-0.39, 0.29) is 6.79 Å². The van der Waals surface area contributed by atoms with Gasteiger partial charge in [-0.25, -0.2) is 9.97 Å². The number of para-hydroxylation sites is 1. The largest absolute Gasteiger partial charge is 0.454 e. The number of rotatable bonds is 3. The molecule has 1 N–H and O–H groups in total. The molecule has 6 rings (SSSR count). The van der Waals surface area contributed by atoms with Gasteiger partial charge in [-0.1, -0.05) is 18.2 Å². The van der Waals surface area contributed by atoms with Crippen molar-refractivity contribution in [1.82, 2.24) is 20.2 Å². The predicted molar refractivity (Wildman–Crippen MR) is 125 cm³/mol. The van der Waals surface area contributed by atoms with Crippen LogP contribution in [0.2, 0.25) is 0 Å². The lowest BCUT2D eigenvalue weighted by Gasteiger charge is -2.36. The number of hydrogen-bond donors (Lipinski definition) is 1. The van der Waals surface area contributed by atoms with Crippen LogP contribution in [0.25, 0.3) is 22.1 Å². The molecule has 2 aromatic carbocycles. The van der Waals surface area contributed by atoms with Gasteiger partial charge in [0.05, 0.1) is 0 Å². The Morgan fingerprint density at radius 3 is 2.75 bits per heavy atom. The molecule has 0 aliphatic carbocycles. The molecular weight excluding hydrogens is 426 g/mol. The van der Waals surface area contributed by atoms with Crippen LogP contribution in [0.4, 0.5) is 5.82 Å². The number of anilines is 1. The number of nitrogens with one attached hydrogen (secondary N) is 1. The number of furan rings is 1. The quantitative estimate of drug-likeness (QED) is 0.476. The predicted octanol–water partition coefficient (Wildman–Crippen LogP) is 3.30. The van der Waals surface area contributed by atoms with Crippen molar-refractivity contribution >= 4 is 45.2 Å². The van der Waals surface area contributed by atoms with Crippen molar-refractivity contribution in [3.63, 3.8) is 0 Å². The van der Waals surface area contributed by atoms with Crippen LogP contribution < -0.4 is 19.7 Å². The number of ether oxygens (including phenoxy) is 2. The molecule has 0 radical (unpaired) electrons. The van der Waals surface area contributed by atoms with Gasteiger partial charge < -0.3 is 29.0 Å². The third-order valence-electron chi connectivity index (χ3n) is 5.89. The fraction of sp³-hybridized carbons (Fsp3) is 0.261. The first-order valence-corrected chi connectivity index (χ1v) is 11.0. The molecular formula is C23H21N5O3S. The molecule has 1 saturated heterocycles. The van der Waals surface area contributed by atoms with Gasteiger partial charge in [0.25, 0.3) is 0 Å². The van der Waals surface area contributed by atoms with Gasteiger partial charge in [-0.3, -0.25) is 0 Å². The molecule has 1 fully saturated rings. The van der Waals surface area contributed by atoms with Gasteiger partial charge in [0, 0.05) is 38.1 Å². The Balaban J connectivity index is 1.11. The maximum atomic E-state index is 6.09. The molecule has 2 aliphatic rings. The molecule has 8 nitrogen and oxygen atoms in total. The van der Waals surface area contributed by atoms with Gasteiger partial charge in [-0.15, -0.1) is 0 Å². The number of piperazine rings is 1. The Hall–Kier alpha value is -3.59. The number of aromatic nitrogens is 2. The molecule has 4 aromatic rings. The number of fused-ring (bicyclic) bond motifs is 4. The molecule has 0 spiro atoms. The Bertz CT molecular complexity index is 1320. The summed E-state index contributed by atoms with van der Waals surface area (Å²) < 4.78 is 16.9. The molecule has 4 heterocycles. The van der Waals surface area contributed by atoms with Crippen molar-refractivity contribution in [3.05, 3.63) is 54.4 Å². The lowest BCUT2D eigenvalue weighted by Crippen LogP contribution is -2.51. The highest BCUT2D eigenvalue weighted by molar-refractivity contribution is 7.80. The van der Waals surface area contributed by atoms with E-state index in [0.717, 1.165) is 76.2 Å². The van der Waals surface area contributed by atoms with Gasteiger partial charge >= 0.3 is 0 Å². The minimum Gasteiger partial charge on any atom is -0.454 e. The Morgan fingerprint density at radius 1 is 1.00 bits per heavy atom. The second-order valence-electron chi connectivity index (χ2n) is 7.79. The summed E-state index contributed by atoms with van der Waals surface area (Å²) in [5.41, 5.74) is 3.53. The first kappa shape index (κ1) is 19.1. The van der Waals surface area contributed by atoms with Crippen molar-refractivity contribution in [2.75, 3.05) is 37.9 Å². The molecule has 0 amide bonds. The van der Waals surface area contributed by atoms with Crippen molar-refractivity contribution < 1.29 is 13.9 Å². The van der Waals surface area contributed by atoms with Crippen molar-refractivity contribution in [2.45, 2.75) is 6.54 Å². The average Bonchev–Trinajstić information content (AvgIpc) is 3.46. The summed E-state index contributed by atoms with van der Waals surface area (Å²) in [4.78, 5) is 13.4. The highest BCUT2D eigenvalue weighted by Crippen LogP contribution is 2.33. The SMILES string of the molecule is S=C(NCc1ccc2c(c1)OCO2)N1CCN(c2ncnc3c2oc2ccccc23)CC1. The van der Waals surface area contributed by atoms with Crippen LogP contribution in [0.15, 0.2) is 53.2 Å². The molecule has 162 valence electrons. The van der Waals surface area contributed by atoms with Crippen LogP contribution in [-0.2, 0) is 6.54 Å². The zero-order valence-corrected chi connectivity index (χ0v) is 18.1. The van der Waals surface area contributed by atoms with E-state index in [1.54, 1.807) is 6.33 Å². The average molecular weight is 448 g/mol. The normalized spacial score (nSPS) is 15.5. The minimum absolute atomic E-state index is 0.279. The van der Waals surface area contributed by atoms with Crippen LogP contribution in [0.5, 0.6) is 11.5 Å². The number of nitrogens with zero attached hydrogens (tertiary/aromatic N) is 4. The van der Waals surface area contributed by atoms with E-state index < -0.39 is 0 Å². The monoisotopic (exact) mass is 447 g/mol. The highest BCUT2D eigenvalue weighted by Gasteiger charge is 2.24. The molecule has 0 bridgehead atoms. The minimum atomic E-state index is 0.279. The first-order valence-electron chi connectivity index (χ1n) is 10.5. The van der Waals surface area contributed by atoms with Crippen molar-refractivity contribution in [1.29, 1.82) is 0 Å². The third-order valence-corrected chi connectivity index (χ3v) is 6.29. The number of benzene rings is 2. The van der Waals surface area contributed by atoms with E-state index in [4.69, 9.17) is 26.1 Å². The summed E-state index contributed by atoms with van der Waals surface area (Å²) in [6.07, 6.45) is 1.61. The van der Waals surface area contributed by atoms with Crippen LogP contribution in [0.1, 0.15) is 5.56 Å². The molecule has 32 heavy (non-hydrogen) atoms. The zero-order valence-electron chi connectivity index (χ0n) is 17.3. The number of hydrogen-bond acceptors (Lipinski definition) is 7. The van der Waals surface area contributed by atoms with E-state index >= 15 is 0 Å². The summed E-state index contributed by atoms with van der Waals surface area (Å²) >= 11 is 5.64. The van der Waals surface area contributed by atoms with E-state index in [9.17, 15) is 0 Å². The van der Waals surface area contributed by atoms with Crippen molar-refractivity contribution in [3.8, 4) is 11.5 Å². The lowest BCUT2D eigenvalue weighted by atomic mass is 10.2. The van der Waals surface area contributed by atoms with E-state index in [0.29, 0.717) is 6.54 Å². The summed E-state index contributed by atoms with van der Waals surface area (Å²) in [7, 11) is 0. The highest BCUT2D eigenvalue weighted by atomic mass is 32.1. The lowest BCUT2D eigenvalue weighted by molar-refractivity contribution is 0.174. The van der Waals surface area contributed by atoms with Gasteiger partial charge in [-0.2, -0.15) is 0 Å². The van der Waals surface area contributed by atoms with Crippen LogP contribution in [0.3, 0.4) is 0 Å². The van der Waals surface area contributed by atoms with Crippen LogP contribution in [-0.4, -0.2) is 53.0 Å². The van der Waals surface area contributed by atoms with Crippen molar-refractivity contribution in [2.24, 2.45) is 0 Å². The summed E-state index contributed by atoms with van der Waals surface area (Å²) in [6, 6.07) is 13.9. The smallest absolute Gasteiger partial charge is 0.231 e. The second-order valence-corrected chi connectivity index (χ2v) is 8.18. The molecule has 0 unspecified atom stereocenters. The van der Waals surface area contributed by atoms with E-state index in [1.807, 2.05) is 42.5 Å². The van der Waals surface area contributed by atoms with E-state index in [1.165, 1.54) is 0 Å². The number of thiocarbonyl (C=S) groups is 1. The van der Waals surface area contributed by atoms with Crippen LogP contribution in [0, 0.1) is 0 Å². The maximum absolute atomic E-state index is 6.09. The molecule has 2 aromatic heterocycles. The van der Waals surface area contributed by atoms with Gasteiger partial charge in [0.2, 0.25) is 6.79 Å².